The van der Waals surface area contributed by atoms with Crippen LogP contribution in [0.15, 0.2) is 28.7 Å². The summed E-state index contributed by atoms with van der Waals surface area (Å²) in [7, 11) is 1.78. The average Bonchev–Trinajstić information content (AvgIpc) is 2.41. The minimum Gasteiger partial charge on any atom is -0.396 e. The van der Waals surface area contributed by atoms with Crippen LogP contribution in [0.2, 0.25) is 0 Å². The molecule has 1 rings (SSSR count). The first kappa shape index (κ1) is 17.1. The van der Waals surface area contributed by atoms with Crippen LogP contribution in [0, 0.1) is 5.41 Å². The maximum atomic E-state index is 11.9. The highest BCUT2D eigenvalue weighted by Gasteiger charge is 2.25. The molecule has 0 aromatic heterocycles. The fourth-order valence-corrected chi connectivity index (χ4v) is 2.10. The number of carbonyl (C=O) groups is 1. The fourth-order valence-electron chi connectivity index (χ4n) is 1.84. The van der Waals surface area contributed by atoms with E-state index < -0.39 is 5.41 Å². The molecule has 6 heteroatoms. The summed E-state index contributed by atoms with van der Waals surface area (Å²) in [4.78, 5) is 13.7. The molecule has 0 fully saturated rings. The number of amides is 1. The van der Waals surface area contributed by atoms with Crippen molar-refractivity contribution >= 4 is 27.5 Å². The van der Waals surface area contributed by atoms with Crippen LogP contribution in [-0.4, -0.2) is 54.4 Å². The number of carbonyl (C=O) groups excluding carboxylic acids is 1. The van der Waals surface area contributed by atoms with Crippen LogP contribution in [-0.2, 0) is 4.79 Å². The second kappa shape index (κ2) is 7.73. The molecule has 0 saturated carbocycles. The third kappa shape index (κ3) is 5.58. The molecule has 3 N–H and O–H groups in total. The molecule has 1 aromatic carbocycles. The molecule has 0 aliphatic carbocycles. The predicted molar refractivity (Wildman–Crippen MR) is 82.5 cm³/mol. The lowest BCUT2D eigenvalue weighted by Crippen LogP contribution is -2.41. The van der Waals surface area contributed by atoms with E-state index in [9.17, 15) is 15.0 Å². The number of aliphatic hydroxyl groups excluding tert-OH is 2. The molecule has 0 unspecified atom stereocenters. The van der Waals surface area contributed by atoms with Gasteiger partial charge >= 0.3 is 0 Å². The van der Waals surface area contributed by atoms with E-state index in [-0.39, 0.29) is 25.7 Å². The topological polar surface area (TPSA) is 72.8 Å². The van der Waals surface area contributed by atoms with Crippen LogP contribution in [0.3, 0.4) is 0 Å². The Morgan fingerprint density at radius 3 is 2.35 bits per heavy atom. The van der Waals surface area contributed by atoms with Gasteiger partial charge in [-0.25, -0.2) is 0 Å². The lowest BCUT2D eigenvalue weighted by molar-refractivity contribution is -0.117. The molecular weight excluding hydrogens is 324 g/mol. The van der Waals surface area contributed by atoms with Gasteiger partial charge in [-0.15, -0.1) is 0 Å². The van der Waals surface area contributed by atoms with Crippen LogP contribution in [0.5, 0.6) is 0 Å². The van der Waals surface area contributed by atoms with Crippen molar-refractivity contribution in [3.63, 3.8) is 0 Å². The summed E-state index contributed by atoms with van der Waals surface area (Å²) in [5, 5.41) is 21.3. The maximum absolute atomic E-state index is 11.9. The molecule has 0 saturated heterocycles. The number of nitrogens with one attached hydrogen (secondary N) is 1. The number of rotatable bonds is 7. The van der Waals surface area contributed by atoms with Crippen molar-refractivity contribution < 1.29 is 15.0 Å². The molecule has 0 radical (unpaired) electrons. The van der Waals surface area contributed by atoms with E-state index >= 15 is 0 Å². The molecule has 1 aromatic rings. The van der Waals surface area contributed by atoms with E-state index in [0.717, 1.165) is 10.2 Å². The molecule has 0 bridgehead atoms. The predicted octanol–water partition coefficient (Wildman–Crippen LogP) is 1.31. The summed E-state index contributed by atoms with van der Waals surface area (Å²) >= 11 is 3.33. The van der Waals surface area contributed by atoms with Gasteiger partial charge in [-0.2, -0.15) is 0 Å². The molecule has 0 heterocycles. The molecule has 1 amide bonds. The number of likely N-dealkylation sites (N-methyl/N-ethyl adjacent to an activating group) is 1. The minimum atomic E-state index is -0.605. The van der Waals surface area contributed by atoms with E-state index in [0.29, 0.717) is 6.54 Å². The van der Waals surface area contributed by atoms with Gasteiger partial charge in [0.15, 0.2) is 0 Å². The number of halogens is 1. The van der Waals surface area contributed by atoms with Crippen LogP contribution in [0.1, 0.15) is 6.92 Å². The summed E-state index contributed by atoms with van der Waals surface area (Å²) in [6.45, 7) is 2.17. The zero-order valence-electron chi connectivity index (χ0n) is 11.8. The third-order valence-electron chi connectivity index (χ3n) is 2.96. The van der Waals surface area contributed by atoms with E-state index in [2.05, 4.69) is 21.2 Å². The van der Waals surface area contributed by atoms with Crippen molar-refractivity contribution in [2.75, 3.05) is 38.7 Å². The summed E-state index contributed by atoms with van der Waals surface area (Å²) < 4.78 is 0.953. The third-order valence-corrected chi connectivity index (χ3v) is 3.49. The Labute approximate surface area is 127 Å². The number of anilines is 1. The smallest absolute Gasteiger partial charge is 0.238 e. The van der Waals surface area contributed by atoms with Crippen molar-refractivity contribution in [1.29, 1.82) is 0 Å². The number of aliphatic hydroxyl groups is 2. The molecule has 5 nitrogen and oxygen atoms in total. The van der Waals surface area contributed by atoms with Gasteiger partial charge in [0.1, 0.15) is 0 Å². The number of hydrogen-bond acceptors (Lipinski definition) is 4. The first-order chi connectivity index (χ1) is 9.38. The molecular formula is C14H21BrN2O3. The van der Waals surface area contributed by atoms with Crippen molar-refractivity contribution in [2.45, 2.75) is 6.92 Å². The standard InChI is InChI=1S/C14H21BrN2O3/c1-14(9-18,10-19)8-17(2)7-13(20)16-12-5-3-11(15)4-6-12/h3-6,18-19H,7-10H2,1-2H3,(H,16,20). The quantitative estimate of drug-likeness (QED) is 0.697. The summed E-state index contributed by atoms with van der Waals surface area (Å²) in [5.74, 6) is -0.131. The maximum Gasteiger partial charge on any atom is 0.238 e. The minimum absolute atomic E-state index is 0.123. The summed E-state index contributed by atoms with van der Waals surface area (Å²) in [5.41, 5.74) is 0.130. The highest BCUT2D eigenvalue weighted by molar-refractivity contribution is 9.10. The van der Waals surface area contributed by atoms with Gasteiger partial charge < -0.3 is 15.5 Å². The Hall–Kier alpha value is -0.950. The molecule has 0 aliphatic heterocycles. The van der Waals surface area contributed by atoms with Gasteiger partial charge in [0.25, 0.3) is 0 Å². The largest absolute Gasteiger partial charge is 0.396 e. The van der Waals surface area contributed by atoms with Crippen molar-refractivity contribution in [3.8, 4) is 0 Å². The second-order valence-corrected chi connectivity index (χ2v) is 6.27. The Morgan fingerprint density at radius 2 is 1.85 bits per heavy atom. The highest BCUT2D eigenvalue weighted by atomic mass is 79.9. The SMILES string of the molecule is CN(CC(=O)Nc1ccc(Br)cc1)CC(C)(CO)CO. The highest BCUT2D eigenvalue weighted by Crippen LogP contribution is 2.16. The van der Waals surface area contributed by atoms with Gasteiger partial charge in [0.05, 0.1) is 19.8 Å². The molecule has 0 aliphatic rings. The first-order valence-electron chi connectivity index (χ1n) is 6.34. The van der Waals surface area contributed by atoms with Crippen LogP contribution >= 0.6 is 15.9 Å². The Morgan fingerprint density at radius 1 is 1.30 bits per heavy atom. The summed E-state index contributed by atoms with van der Waals surface area (Å²) in [6.07, 6.45) is 0. The van der Waals surface area contributed by atoms with Crippen LogP contribution in [0.4, 0.5) is 5.69 Å². The zero-order valence-corrected chi connectivity index (χ0v) is 13.4. The van der Waals surface area contributed by atoms with Gasteiger partial charge in [-0.05, 0) is 31.3 Å². The fraction of sp³-hybridized carbons (Fsp3) is 0.500. The number of nitrogens with zero attached hydrogens (tertiary/aromatic N) is 1. The molecule has 112 valence electrons. The van der Waals surface area contributed by atoms with Crippen LogP contribution < -0.4 is 5.32 Å². The van der Waals surface area contributed by atoms with Gasteiger partial charge in [-0.1, -0.05) is 22.9 Å². The lowest BCUT2D eigenvalue weighted by Gasteiger charge is -2.29. The molecule has 0 atom stereocenters. The van der Waals surface area contributed by atoms with Gasteiger partial charge in [0.2, 0.25) is 5.91 Å². The Balaban J connectivity index is 2.47. The van der Waals surface area contributed by atoms with Crippen molar-refractivity contribution in [3.05, 3.63) is 28.7 Å². The van der Waals surface area contributed by atoms with E-state index in [4.69, 9.17) is 0 Å². The average molecular weight is 345 g/mol. The first-order valence-corrected chi connectivity index (χ1v) is 7.13. The van der Waals surface area contributed by atoms with E-state index in [1.54, 1.807) is 18.9 Å². The zero-order chi connectivity index (χ0) is 15.2. The summed E-state index contributed by atoms with van der Waals surface area (Å²) in [6, 6.07) is 7.34. The second-order valence-electron chi connectivity index (χ2n) is 5.35. The Bertz CT molecular complexity index is 433. The normalized spacial score (nSPS) is 11.7. The van der Waals surface area contributed by atoms with Crippen molar-refractivity contribution in [2.24, 2.45) is 5.41 Å². The Kier molecular flexibility index (Phi) is 6.61. The van der Waals surface area contributed by atoms with Crippen molar-refractivity contribution in [1.82, 2.24) is 4.90 Å². The van der Waals surface area contributed by atoms with Gasteiger partial charge in [0, 0.05) is 22.1 Å². The molecule has 0 spiro atoms. The number of hydrogen-bond donors (Lipinski definition) is 3. The monoisotopic (exact) mass is 344 g/mol. The number of benzene rings is 1. The van der Waals surface area contributed by atoms with Crippen LogP contribution in [0.25, 0.3) is 0 Å². The molecule has 20 heavy (non-hydrogen) atoms. The van der Waals surface area contributed by atoms with E-state index in [1.165, 1.54) is 0 Å². The van der Waals surface area contributed by atoms with E-state index in [1.807, 2.05) is 24.3 Å². The lowest BCUT2D eigenvalue weighted by atomic mass is 9.92. The van der Waals surface area contributed by atoms with Gasteiger partial charge in [-0.3, -0.25) is 9.69 Å².